The molecule has 2 amide bonds. The standard InChI is InChI=1S/C21H25N3O6S/c25-18-4-1-3-17(15-18)21(27)23-10-2-9-22-20(26)16-5-7-19(8-6-16)31(28,29)24-11-13-30-14-12-24/h1,3-8,15,25H,2,9-14H2,(H,22,26)(H,23,27). The van der Waals surface area contributed by atoms with Crippen molar-refractivity contribution < 1.29 is 27.9 Å². The normalized spacial score (nSPS) is 14.7. The van der Waals surface area contributed by atoms with Crippen molar-refractivity contribution in [3.63, 3.8) is 0 Å². The highest BCUT2D eigenvalue weighted by atomic mass is 32.2. The average molecular weight is 448 g/mol. The number of hydrogen-bond donors (Lipinski definition) is 3. The molecule has 0 aromatic heterocycles. The van der Waals surface area contributed by atoms with Crippen molar-refractivity contribution in [2.75, 3.05) is 39.4 Å². The first-order chi connectivity index (χ1) is 14.9. The van der Waals surface area contributed by atoms with Gasteiger partial charge >= 0.3 is 0 Å². The minimum Gasteiger partial charge on any atom is -0.508 e. The molecule has 10 heteroatoms. The highest BCUT2D eigenvalue weighted by Crippen LogP contribution is 2.17. The Kier molecular flexibility index (Phi) is 7.61. The molecule has 3 N–H and O–H groups in total. The van der Waals surface area contributed by atoms with E-state index in [4.69, 9.17) is 4.74 Å². The van der Waals surface area contributed by atoms with Crippen LogP contribution < -0.4 is 10.6 Å². The van der Waals surface area contributed by atoms with Crippen molar-refractivity contribution >= 4 is 21.8 Å². The Balaban J connectivity index is 1.44. The van der Waals surface area contributed by atoms with Crippen LogP contribution in [0.5, 0.6) is 5.75 Å². The van der Waals surface area contributed by atoms with Gasteiger partial charge in [-0.3, -0.25) is 9.59 Å². The highest BCUT2D eigenvalue weighted by molar-refractivity contribution is 7.89. The number of carbonyl (C=O) groups excluding carboxylic acids is 2. The predicted molar refractivity (Wildman–Crippen MR) is 113 cm³/mol. The van der Waals surface area contributed by atoms with Crippen molar-refractivity contribution in [1.29, 1.82) is 0 Å². The number of hydrogen-bond acceptors (Lipinski definition) is 6. The van der Waals surface area contributed by atoms with Crippen LogP contribution in [0.2, 0.25) is 0 Å². The first kappa shape index (κ1) is 22.7. The van der Waals surface area contributed by atoms with Crippen LogP contribution in [-0.2, 0) is 14.8 Å². The van der Waals surface area contributed by atoms with Crippen LogP contribution in [0.1, 0.15) is 27.1 Å². The van der Waals surface area contributed by atoms with Gasteiger partial charge in [-0.05, 0) is 48.9 Å². The van der Waals surface area contributed by atoms with Crippen LogP contribution in [0.25, 0.3) is 0 Å². The van der Waals surface area contributed by atoms with Crippen LogP contribution in [0.3, 0.4) is 0 Å². The lowest BCUT2D eigenvalue weighted by atomic mass is 10.2. The molecule has 0 saturated carbocycles. The van der Waals surface area contributed by atoms with E-state index in [1.54, 1.807) is 12.1 Å². The van der Waals surface area contributed by atoms with E-state index in [1.165, 1.54) is 40.7 Å². The molecule has 3 rings (SSSR count). The summed E-state index contributed by atoms with van der Waals surface area (Å²) in [6.45, 7) is 2.06. The van der Waals surface area contributed by atoms with Gasteiger partial charge in [0, 0.05) is 37.3 Å². The Labute approximate surface area is 181 Å². The van der Waals surface area contributed by atoms with Crippen LogP contribution in [0.4, 0.5) is 0 Å². The van der Waals surface area contributed by atoms with Gasteiger partial charge in [0.25, 0.3) is 11.8 Å². The number of nitrogens with one attached hydrogen (secondary N) is 2. The van der Waals surface area contributed by atoms with Crippen molar-refractivity contribution in [3.05, 3.63) is 59.7 Å². The van der Waals surface area contributed by atoms with Crippen LogP contribution in [0.15, 0.2) is 53.4 Å². The molecule has 0 bridgehead atoms. The maximum absolute atomic E-state index is 12.6. The lowest BCUT2D eigenvalue weighted by Gasteiger charge is -2.26. The number of aromatic hydroxyl groups is 1. The summed E-state index contributed by atoms with van der Waals surface area (Å²) in [4.78, 5) is 24.4. The Morgan fingerprint density at radius 2 is 1.55 bits per heavy atom. The van der Waals surface area contributed by atoms with Crippen molar-refractivity contribution in [1.82, 2.24) is 14.9 Å². The number of ether oxygens (including phenoxy) is 1. The topological polar surface area (TPSA) is 125 Å². The Hall–Kier alpha value is -2.95. The maximum atomic E-state index is 12.6. The third-order valence-electron chi connectivity index (χ3n) is 4.76. The van der Waals surface area contributed by atoms with Gasteiger partial charge in [-0.1, -0.05) is 6.07 Å². The summed E-state index contributed by atoms with van der Waals surface area (Å²) in [6.07, 6.45) is 0.514. The number of carbonyl (C=O) groups is 2. The minimum atomic E-state index is -3.60. The van der Waals surface area contributed by atoms with Gasteiger partial charge in [-0.2, -0.15) is 4.31 Å². The molecule has 0 radical (unpaired) electrons. The number of benzene rings is 2. The van der Waals surface area contributed by atoms with Gasteiger partial charge in [0.1, 0.15) is 5.75 Å². The number of sulfonamides is 1. The third kappa shape index (κ3) is 6.03. The zero-order valence-electron chi connectivity index (χ0n) is 16.9. The van der Waals surface area contributed by atoms with E-state index >= 15 is 0 Å². The van der Waals surface area contributed by atoms with E-state index in [0.29, 0.717) is 56.9 Å². The molecule has 2 aromatic rings. The molecule has 1 fully saturated rings. The first-order valence-electron chi connectivity index (χ1n) is 9.91. The molecule has 1 saturated heterocycles. The summed E-state index contributed by atoms with van der Waals surface area (Å²) in [5.41, 5.74) is 0.709. The number of rotatable bonds is 8. The van der Waals surface area contributed by atoms with E-state index in [9.17, 15) is 23.1 Å². The summed E-state index contributed by atoms with van der Waals surface area (Å²) in [5.74, 6) is -0.613. The smallest absolute Gasteiger partial charge is 0.251 e. The SMILES string of the molecule is O=C(NCCCNC(=O)c1cccc(O)c1)c1ccc(S(=O)(=O)N2CCOCC2)cc1. The third-order valence-corrected chi connectivity index (χ3v) is 6.67. The fourth-order valence-electron chi connectivity index (χ4n) is 3.06. The second kappa shape index (κ2) is 10.4. The van der Waals surface area contributed by atoms with Crippen molar-refractivity contribution in [3.8, 4) is 5.75 Å². The predicted octanol–water partition coefficient (Wildman–Crippen LogP) is 0.963. The number of phenols is 1. The highest BCUT2D eigenvalue weighted by Gasteiger charge is 2.26. The van der Waals surface area contributed by atoms with Crippen LogP contribution in [0, 0.1) is 0 Å². The molecule has 1 heterocycles. The largest absolute Gasteiger partial charge is 0.508 e. The molecule has 0 aliphatic carbocycles. The molecule has 166 valence electrons. The van der Waals surface area contributed by atoms with Crippen LogP contribution >= 0.6 is 0 Å². The second-order valence-electron chi connectivity index (χ2n) is 6.96. The average Bonchev–Trinajstić information content (AvgIpc) is 2.79. The number of morpholine rings is 1. The fraction of sp³-hybridized carbons (Fsp3) is 0.333. The zero-order valence-corrected chi connectivity index (χ0v) is 17.7. The van der Waals surface area contributed by atoms with Crippen LogP contribution in [-0.4, -0.2) is 69.0 Å². The molecular weight excluding hydrogens is 422 g/mol. The molecule has 1 aliphatic rings. The maximum Gasteiger partial charge on any atom is 0.251 e. The molecule has 0 spiro atoms. The monoisotopic (exact) mass is 447 g/mol. The van der Waals surface area contributed by atoms with Gasteiger partial charge in [0.05, 0.1) is 18.1 Å². The molecule has 0 atom stereocenters. The quantitative estimate of drug-likeness (QED) is 0.518. The summed E-state index contributed by atoms with van der Waals surface area (Å²) >= 11 is 0. The molecule has 0 unspecified atom stereocenters. The van der Waals surface area contributed by atoms with E-state index < -0.39 is 10.0 Å². The van der Waals surface area contributed by atoms with E-state index in [2.05, 4.69) is 10.6 Å². The van der Waals surface area contributed by atoms with Gasteiger partial charge in [0.2, 0.25) is 10.0 Å². The summed E-state index contributed by atoms with van der Waals surface area (Å²) in [6, 6.07) is 11.8. The summed E-state index contributed by atoms with van der Waals surface area (Å²) < 4.78 is 31.8. The van der Waals surface area contributed by atoms with Crippen molar-refractivity contribution in [2.24, 2.45) is 0 Å². The number of amides is 2. The molecule has 31 heavy (non-hydrogen) atoms. The number of phenolic OH excluding ortho intramolecular Hbond substituents is 1. The second-order valence-corrected chi connectivity index (χ2v) is 8.89. The molecule has 2 aromatic carbocycles. The van der Waals surface area contributed by atoms with Gasteiger partial charge in [-0.15, -0.1) is 0 Å². The Morgan fingerprint density at radius 1 is 0.935 bits per heavy atom. The van der Waals surface area contributed by atoms with Gasteiger partial charge < -0.3 is 20.5 Å². The first-order valence-corrected chi connectivity index (χ1v) is 11.4. The zero-order chi connectivity index (χ0) is 22.3. The molecular formula is C21H25N3O6S. The lowest BCUT2D eigenvalue weighted by molar-refractivity contribution is 0.0730. The van der Waals surface area contributed by atoms with E-state index in [0.717, 1.165) is 0 Å². The Bertz CT molecular complexity index is 1020. The summed E-state index contributed by atoms with van der Waals surface area (Å²) in [7, 11) is -3.60. The number of nitrogens with zero attached hydrogens (tertiary/aromatic N) is 1. The fourth-order valence-corrected chi connectivity index (χ4v) is 4.47. The minimum absolute atomic E-state index is 0.0173. The van der Waals surface area contributed by atoms with Crippen molar-refractivity contribution in [2.45, 2.75) is 11.3 Å². The Morgan fingerprint density at radius 3 is 2.16 bits per heavy atom. The van der Waals surface area contributed by atoms with Gasteiger partial charge in [0.15, 0.2) is 0 Å². The summed E-state index contributed by atoms with van der Waals surface area (Å²) in [5, 5.41) is 14.9. The van der Waals surface area contributed by atoms with E-state index in [-0.39, 0.29) is 22.5 Å². The molecule has 1 aliphatic heterocycles. The lowest BCUT2D eigenvalue weighted by Crippen LogP contribution is -2.40. The van der Waals surface area contributed by atoms with Gasteiger partial charge in [-0.25, -0.2) is 8.42 Å². The molecule has 9 nitrogen and oxygen atoms in total. The van der Waals surface area contributed by atoms with E-state index in [1.807, 2.05) is 0 Å².